The first-order valence-corrected chi connectivity index (χ1v) is 10.0. The molecule has 0 fully saturated rings. The molecule has 3 aromatic rings. The minimum Gasteiger partial charge on any atom is -0.493 e. The van der Waals surface area contributed by atoms with Gasteiger partial charge in [0.25, 0.3) is 11.6 Å². The van der Waals surface area contributed by atoms with Crippen LogP contribution in [0.2, 0.25) is 0 Å². The number of benzene rings is 3. The molecular weight excluding hydrogens is 426 g/mol. The molecule has 0 spiro atoms. The third-order valence-corrected chi connectivity index (χ3v) is 4.53. The van der Waals surface area contributed by atoms with Crippen LogP contribution in [-0.4, -0.2) is 30.8 Å². The Hall–Kier alpha value is -4.40. The van der Waals surface area contributed by atoms with Gasteiger partial charge in [-0.25, -0.2) is 0 Å². The number of anilines is 1. The number of hydrogen-bond donors (Lipinski definition) is 1. The van der Waals surface area contributed by atoms with E-state index in [1.807, 2.05) is 31.2 Å². The molecule has 9 heteroatoms. The van der Waals surface area contributed by atoms with Crippen molar-refractivity contribution in [2.24, 2.45) is 5.16 Å². The van der Waals surface area contributed by atoms with Crippen molar-refractivity contribution < 1.29 is 24.0 Å². The SMILES string of the molecule is COc1cccc(/C=N\OCc2cccc([N+](=O)[O-])c2)c1OCC(=O)Nc1ccc(C)cc1. The highest BCUT2D eigenvalue weighted by atomic mass is 16.6. The van der Waals surface area contributed by atoms with Crippen LogP contribution >= 0.6 is 0 Å². The predicted octanol–water partition coefficient (Wildman–Crippen LogP) is 4.48. The van der Waals surface area contributed by atoms with E-state index in [0.717, 1.165) is 5.56 Å². The number of nitro benzene ring substituents is 1. The summed E-state index contributed by atoms with van der Waals surface area (Å²) in [6.45, 7) is 1.79. The fourth-order valence-corrected chi connectivity index (χ4v) is 2.89. The molecular formula is C24H23N3O6. The molecule has 0 aromatic heterocycles. The Balaban J connectivity index is 1.63. The standard InChI is InChI=1S/C24H23N3O6/c1-17-9-11-20(12-10-17)26-23(28)16-32-24-19(6-4-8-22(24)31-2)14-25-33-15-18-5-3-7-21(13-18)27(29)30/h3-14H,15-16H2,1-2H3,(H,26,28)/b25-14-. The van der Waals surface area contributed by atoms with Crippen LogP contribution in [-0.2, 0) is 16.2 Å². The van der Waals surface area contributed by atoms with Crippen LogP contribution in [0.15, 0.2) is 71.9 Å². The van der Waals surface area contributed by atoms with Gasteiger partial charge in [0.1, 0.15) is 6.61 Å². The Kier molecular flexibility index (Phi) is 7.96. The van der Waals surface area contributed by atoms with E-state index in [0.29, 0.717) is 28.3 Å². The number of rotatable bonds is 10. The number of aryl methyl sites for hydroxylation is 1. The van der Waals surface area contributed by atoms with Crippen molar-refractivity contribution in [3.8, 4) is 11.5 Å². The van der Waals surface area contributed by atoms with E-state index in [2.05, 4.69) is 10.5 Å². The molecule has 0 aliphatic rings. The molecule has 0 aliphatic heterocycles. The van der Waals surface area contributed by atoms with E-state index in [9.17, 15) is 14.9 Å². The molecule has 0 aliphatic carbocycles. The van der Waals surface area contributed by atoms with E-state index < -0.39 is 4.92 Å². The minimum absolute atomic E-state index is 0.0209. The Morgan fingerprint density at radius 2 is 1.88 bits per heavy atom. The number of carbonyl (C=O) groups is 1. The van der Waals surface area contributed by atoms with Crippen molar-refractivity contribution in [2.45, 2.75) is 13.5 Å². The van der Waals surface area contributed by atoms with Crippen molar-refractivity contribution in [2.75, 3.05) is 19.0 Å². The van der Waals surface area contributed by atoms with Crippen molar-refractivity contribution in [1.82, 2.24) is 0 Å². The van der Waals surface area contributed by atoms with Crippen molar-refractivity contribution in [3.63, 3.8) is 0 Å². The average Bonchev–Trinajstić information content (AvgIpc) is 2.82. The van der Waals surface area contributed by atoms with E-state index in [4.69, 9.17) is 14.3 Å². The molecule has 3 aromatic carbocycles. The first kappa shape index (κ1) is 23.3. The Morgan fingerprint density at radius 3 is 2.61 bits per heavy atom. The number of nitrogens with zero attached hydrogens (tertiary/aromatic N) is 2. The van der Waals surface area contributed by atoms with Gasteiger partial charge in [0.15, 0.2) is 18.1 Å². The number of amides is 1. The largest absolute Gasteiger partial charge is 0.493 e. The van der Waals surface area contributed by atoms with Gasteiger partial charge in [0.2, 0.25) is 0 Å². The Morgan fingerprint density at radius 1 is 1.12 bits per heavy atom. The minimum atomic E-state index is -0.471. The molecule has 0 heterocycles. The number of nitrogens with one attached hydrogen (secondary N) is 1. The number of nitro groups is 1. The molecule has 170 valence electrons. The van der Waals surface area contributed by atoms with Crippen LogP contribution in [0.1, 0.15) is 16.7 Å². The molecule has 9 nitrogen and oxygen atoms in total. The molecule has 1 N–H and O–H groups in total. The highest BCUT2D eigenvalue weighted by molar-refractivity contribution is 5.92. The van der Waals surface area contributed by atoms with E-state index in [1.54, 1.807) is 30.3 Å². The number of non-ortho nitro benzene ring substituents is 1. The second kappa shape index (κ2) is 11.3. The van der Waals surface area contributed by atoms with Crippen LogP contribution in [0, 0.1) is 17.0 Å². The van der Waals surface area contributed by atoms with E-state index in [-0.39, 0.29) is 24.8 Å². The van der Waals surface area contributed by atoms with Crippen LogP contribution in [0.4, 0.5) is 11.4 Å². The van der Waals surface area contributed by atoms with E-state index >= 15 is 0 Å². The molecule has 33 heavy (non-hydrogen) atoms. The highest BCUT2D eigenvalue weighted by Gasteiger charge is 2.12. The van der Waals surface area contributed by atoms with Crippen LogP contribution in [0.3, 0.4) is 0 Å². The summed E-state index contributed by atoms with van der Waals surface area (Å²) in [5.41, 5.74) is 2.89. The van der Waals surface area contributed by atoms with Gasteiger partial charge in [-0.05, 0) is 36.8 Å². The van der Waals surface area contributed by atoms with E-state index in [1.165, 1.54) is 25.5 Å². The summed E-state index contributed by atoms with van der Waals surface area (Å²) < 4.78 is 11.1. The normalized spacial score (nSPS) is 10.6. The van der Waals surface area contributed by atoms with Gasteiger partial charge in [0, 0.05) is 23.4 Å². The molecule has 0 radical (unpaired) electrons. The molecule has 0 saturated carbocycles. The number of carbonyl (C=O) groups excluding carboxylic acids is 1. The molecule has 0 atom stereocenters. The number of ether oxygens (including phenoxy) is 2. The topological polar surface area (TPSA) is 112 Å². The summed E-state index contributed by atoms with van der Waals surface area (Å²) in [6.07, 6.45) is 1.42. The van der Waals surface area contributed by atoms with Crippen molar-refractivity contribution in [3.05, 3.63) is 93.5 Å². The number of hydrogen-bond acceptors (Lipinski definition) is 7. The number of methoxy groups -OCH3 is 1. The molecule has 1 amide bonds. The lowest BCUT2D eigenvalue weighted by molar-refractivity contribution is -0.384. The zero-order chi connectivity index (χ0) is 23.6. The summed E-state index contributed by atoms with van der Waals surface area (Å²) >= 11 is 0. The van der Waals surface area contributed by atoms with Gasteiger partial charge >= 0.3 is 0 Å². The van der Waals surface area contributed by atoms with Crippen LogP contribution in [0.5, 0.6) is 11.5 Å². The average molecular weight is 449 g/mol. The predicted molar refractivity (Wildman–Crippen MR) is 124 cm³/mol. The smallest absolute Gasteiger partial charge is 0.269 e. The third-order valence-electron chi connectivity index (χ3n) is 4.53. The van der Waals surface area contributed by atoms with Crippen LogP contribution < -0.4 is 14.8 Å². The van der Waals surface area contributed by atoms with Gasteiger partial charge in [-0.15, -0.1) is 0 Å². The lowest BCUT2D eigenvalue weighted by atomic mass is 10.2. The lowest BCUT2D eigenvalue weighted by Gasteiger charge is -2.13. The van der Waals surface area contributed by atoms with Gasteiger partial charge in [-0.1, -0.05) is 41.1 Å². The second-order valence-corrected chi connectivity index (χ2v) is 7.02. The maximum atomic E-state index is 12.3. The molecule has 3 rings (SSSR count). The summed E-state index contributed by atoms with van der Waals surface area (Å²) in [5, 5.41) is 17.6. The molecule has 0 saturated heterocycles. The first-order chi connectivity index (χ1) is 16.0. The maximum Gasteiger partial charge on any atom is 0.269 e. The summed E-state index contributed by atoms with van der Waals surface area (Å²) in [7, 11) is 1.49. The first-order valence-electron chi connectivity index (χ1n) is 10.0. The number of para-hydroxylation sites is 1. The molecule has 0 bridgehead atoms. The Labute approximate surface area is 190 Å². The van der Waals surface area contributed by atoms with Crippen molar-refractivity contribution in [1.29, 1.82) is 0 Å². The quantitative estimate of drug-likeness (QED) is 0.277. The van der Waals surface area contributed by atoms with Gasteiger partial charge < -0.3 is 19.6 Å². The maximum absolute atomic E-state index is 12.3. The third kappa shape index (κ3) is 6.79. The molecule has 0 unspecified atom stereocenters. The van der Waals surface area contributed by atoms with Crippen molar-refractivity contribution >= 4 is 23.5 Å². The summed E-state index contributed by atoms with van der Waals surface area (Å²) in [5.74, 6) is 0.442. The lowest BCUT2D eigenvalue weighted by Crippen LogP contribution is -2.20. The van der Waals surface area contributed by atoms with Crippen LogP contribution in [0.25, 0.3) is 0 Å². The van der Waals surface area contributed by atoms with Gasteiger partial charge in [0.05, 0.1) is 18.2 Å². The zero-order valence-corrected chi connectivity index (χ0v) is 18.2. The highest BCUT2D eigenvalue weighted by Crippen LogP contribution is 2.30. The number of oxime groups is 1. The fraction of sp³-hybridized carbons (Fsp3) is 0.167. The monoisotopic (exact) mass is 449 g/mol. The fourth-order valence-electron chi connectivity index (χ4n) is 2.89. The van der Waals surface area contributed by atoms with Gasteiger partial charge in [-0.3, -0.25) is 14.9 Å². The summed E-state index contributed by atoms with van der Waals surface area (Å²) in [4.78, 5) is 28.0. The van der Waals surface area contributed by atoms with Gasteiger partial charge in [-0.2, -0.15) is 0 Å². The summed E-state index contributed by atoms with van der Waals surface area (Å²) in [6, 6.07) is 18.7. The second-order valence-electron chi connectivity index (χ2n) is 7.02. The zero-order valence-electron chi connectivity index (χ0n) is 18.2. The Bertz CT molecular complexity index is 1150.